The summed E-state index contributed by atoms with van der Waals surface area (Å²) in [7, 11) is -3.53. The van der Waals surface area contributed by atoms with Crippen LogP contribution in [0.2, 0.25) is 0 Å². The van der Waals surface area contributed by atoms with Crippen molar-refractivity contribution >= 4 is 16.2 Å². The van der Waals surface area contributed by atoms with Crippen LogP contribution in [0.5, 0.6) is 0 Å². The summed E-state index contributed by atoms with van der Waals surface area (Å²) in [5, 5.41) is 9.29. The van der Waals surface area contributed by atoms with E-state index in [4.69, 9.17) is 4.74 Å². The summed E-state index contributed by atoms with van der Waals surface area (Å²) in [5.74, 6) is -0.437. The SMILES string of the molecule is CCOC(=O)C1CCN(S(=O)(=O)N2CCC[C@H]2CO)CC1. The Morgan fingerprint density at radius 3 is 2.48 bits per heavy atom. The van der Waals surface area contributed by atoms with Crippen LogP contribution in [0, 0.1) is 5.92 Å². The van der Waals surface area contributed by atoms with Gasteiger partial charge in [-0.1, -0.05) is 0 Å². The number of rotatable bonds is 5. The lowest BCUT2D eigenvalue weighted by atomic mass is 9.98. The van der Waals surface area contributed by atoms with Crippen molar-refractivity contribution in [2.24, 2.45) is 5.92 Å². The van der Waals surface area contributed by atoms with Crippen LogP contribution in [0.25, 0.3) is 0 Å². The molecule has 0 aromatic heterocycles. The van der Waals surface area contributed by atoms with Crippen molar-refractivity contribution in [1.82, 2.24) is 8.61 Å². The lowest BCUT2D eigenvalue weighted by Crippen LogP contribution is -2.50. The van der Waals surface area contributed by atoms with Crippen molar-refractivity contribution in [3.63, 3.8) is 0 Å². The van der Waals surface area contributed by atoms with Crippen LogP contribution in [-0.2, 0) is 19.7 Å². The third-order valence-electron chi connectivity index (χ3n) is 4.23. The van der Waals surface area contributed by atoms with Gasteiger partial charge in [0.1, 0.15) is 0 Å². The number of esters is 1. The Kier molecular flexibility index (Phi) is 5.59. The quantitative estimate of drug-likeness (QED) is 0.719. The summed E-state index contributed by atoms with van der Waals surface area (Å²) in [5.41, 5.74) is 0. The van der Waals surface area contributed by atoms with Gasteiger partial charge in [0.25, 0.3) is 10.2 Å². The van der Waals surface area contributed by atoms with Gasteiger partial charge in [0.05, 0.1) is 19.1 Å². The molecule has 0 aromatic rings. The Bertz CT molecular complexity index is 459. The molecule has 1 N–H and O–H groups in total. The molecule has 0 bridgehead atoms. The molecule has 122 valence electrons. The standard InChI is InChI=1S/C13H24N2O5S/c1-2-20-13(17)11-5-8-14(9-6-11)21(18,19)15-7-3-4-12(15)10-16/h11-12,16H,2-10H2,1H3/t12-/m0/s1. The van der Waals surface area contributed by atoms with Gasteiger partial charge < -0.3 is 9.84 Å². The number of aliphatic hydroxyl groups excluding tert-OH is 1. The van der Waals surface area contributed by atoms with Crippen molar-refractivity contribution in [3.05, 3.63) is 0 Å². The van der Waals surface area contributed by atoms with Crippen LogP contribution in [0.4, 0.5) is 0 Å². The van der Waals surface area contributed by atoms with Crippen molar-refractivity contribution < 1.29 is 23.1 Å². The van der Waals surface area contributed by atoms with Crippen molar-refractivity contribution in [2.45, 2.75) is 38.6 Å². The first kappa shape index (κ1) is 16.7. The van der Waals surface area contributed by atoms with Crippen LogP contribution in [0.15, 0.2) is 0 Å². The normalized spacial score (nSPS) is 26.1. The minimum atomic E-state index is -3.53. The van der Waals surface area contributed by atoms with Crippen LogP contribution < -0.4 is 0 Å². The molecule has 2 saturated heterocycles. The predicted molar refractivity (Wildman–Crippen MR) is 76.7 cm³/mol. The Morgan fingerprint density at radius 2 is 1.90 bits per heavy atom. The minimum Gasteiger partial charge on any atom is -0.466 e. The van der Waals surface area contributed by atoms with Crippen LogP contribution in [0.3, 0.4) is 0 Å². The van der Waals surface area contributed by atoms with E-state index >= 15 is 0 Å². The molecule has 2 rings (SSSR count). The smallest absolute Gasteiger partial charge is 0.309 e. The second-order valence-corrected chi connectivity index (χ2v) is 7.40. The summed E-state index contributed by atoms with van der Waals surface area (Å²) in [6.45, 7) is 3.11. The number of nitrogens with zero attached hydrogens (tertiary/aromatic N) is 2. The van der Waals surface area contributed by atoms with E-state index in [-0.39, 0.29) is 24.5 Å². The van der Waals surface area contributed by atoms with Gasteiger partial charge in [0.2, 0.25) is 0 Å². The van der Waals surface area contributed by atoms with Gasteiger partial charge in [-0.3, -0.25) is 4.79 Å². The van der Waals surface area contributed by atoms with Gasteiger partial charge >= 0.3 is 5.97 Å². The molecule has 0 saturated carbocycles. The first-order valence-electron chi connectivity index (χ1n) is 7.55. The highest BCUT2D eigenvalue weighted by molar-refractivity contribution is 7.86. The summed E-state index contributed by atoms with van der Waals surface area (Å²) in [6.07, 6.45) is 2.48. The lowest BCUT2D eigenvalue weighted by molar-refractivity contribution is -0.149. The fourth-order valence-electron chi connectivity index (χ4n) is 3.03. The molecule has 2 fully saturated rings. The third kappa shape index (κ3) is 3.56. The zero-order chi connectivity index (χ0) is 15.5. The average molecular weight is 320 g/mol. The summed E-state index contributed by atoms with van der Waals surface area (Å²) < 4.78 is 33.0. The monoisotopic (exact) mass is 320 g/mol. The van der Waals surface area contributed by atoms with Gasteiger partial charge in [0.15, 0.2) is 0 Å². The predicted octanol–water partition coefficient (Wildman–Crippen LogP) is -0.0370. The second-order valence-electron chi connectivity index (χ2n) is 5.52. The first-order chi connectivity index (χ1) is 10.0. The molecule has 21 heavy (non-hydrogen) atoms. The van der Waals surface area contributed by atoms with E-state index in [2.05, 4.69) is 0 Å². The molecule has 8 heteroatoms. The van der Waals surface area contributed by atoms with Gasteiger partial charge in [-0.05, 0) is 32.6 Å². The highest BCUT2D eigenvalue weighted by Gasteiger charge is 2.40. The molecule has 0 amide bonds. The number of carbonyl (C=O) groups is 1. The maximum absolute atomic E-state index is 12.6. The zero-order valence-corrected chi connectivity index (χ0v) is 13.2. The van der Waals surface area contributed by atoms with Crippen LogP contribution in [0.1, 0.15) is 32.6 Å². The zero-order valence-electron chi connectivity index (χ0n) is 12.4. The molecule has 2 aliphatic rings. The maximum atomic E-state index is 12.6. The van der Waals surface area contributed by atoms with E-state index in [9.17, 15) is 18.3 Å². The summed E-state index contributed by atoms with van der Waals surface area (Å²) >= 11 is 0. The Balaban J connectivity index is 1.96. The van der Waals surface area contributed by atoms with E-state index in [0.29, 0.717) is 45.5 Å². The van der Waals surface area contributed by atoms with Crippen molar-refractivity contribution in [1.29, 1.82) is 0 Å². The number of carbonyl (C=O) groups excluding carboxylic acids is 1. The summed E-state index contributed by atoms with van der Waals surface area (Å²) in [4.78, 5) is 11.7. The van der Waals surface area contributed by atoms with Crippen molar-refractivity contribution in [3.8, 4) is 0 Å². The topological polar surface area (TPSA) is 87.2 Å². The van der Waals surface area contributed by atoms with E-state index in [1.54, 1.807) is 6.92 Å². The highest BCUT2D eigenvalue weighted by Crippen LogP contribution is 2.27. The second kappa shape index (κ2) is 7.04. The molecule has 0 spiro atoms. The largest absolute Gasteiger partial charge is 0.466 e. The molecule has 2 heterocycles. The lowest BCUT2D eigenvalue weighted by Gasteiger charge is -2.34. The fourth-order valence-corrected chi connectivity index (χ4v) is 4.90. The molecule has 2 aliphatic heterocycles. The average Bonchev–Trinajstić information content (AvgIpc) is 2.97. The fraction of sp³-hybridized carbons (Fsp3) is 0.923. The van der Waals surface area contributed by atoms with E-state index < -0.39 is 10.2 Å². The molecule has 0 aromatic carbocycles. The molecule has 0 radical (unpaired) electrons. The molecule has 0 unspecified atom stereocenters. The number of hydrogen-bond acceptors (Lipinski definition) is 5. The Morgan fingerprint density at radius 1 is 1.24 bits per heavy atom. The molecule has 7 nitrogen and oxygen atoms in total. The van der Waals surface area contributed by atoms with E-state index in [0.717, 1.165) is 6.42 Å². The van der Waals surface area contributed by atoms with Crippen LogP contribution in [-0.4, -0.2) is 67.0 Å². The third-order valence-corrected chi connectivity index (χ3v) is 6.32. The molecule has 0 aliphatic carbocycles. The summed E-state index contributed by atoms with van der Waals surface area (Å²) in [6, 6.07) is -0.308. The van der Waals surface area contributed by atoms with Gasteiger partial charge in [0, 0.05) is 25.7 Å². The highest BCUT2D eigenvalue weighted by atomic mass is 32.2. The van der Waals surface area contributed by atoms with Gasteiger partial charge in [-0.15, -0.1) is 0 Å². The van der Waals surface area contributed by atoms with E-state index in [1.165, 1.54) is 8.61 Å². The first-order valence-corrected chi connectivity index (χ1v) is 8.94. The van der Waals surface area contributed by atoms with Crippen LogP contribution >= 0.6 is 0 Å². The number of ether oxygens (including phenoxy) is 1. The Hall–Kier alpha value is -0.700. The van der Waals surface area contributed by atoms with Gasteiger partial charge in [-0.25, -0.2) is 0 Å². The molecular weight excluding hydrogens is 296 g/mol. The van der Waals surface area contributed by atoms with E-state index in [1.807, 2.05) is 0 Å². The maximum Gasteiger partial charge on any atom is 0.309 e. The number of piperidine rings is 1. The van der Waals surface area contributed by atoms with Gasteiger partial charge in [-0.2, -0.15) is 17.0 Å². The number of hydrogen-bond donors (Lipinski definition) is 1. The Labute approximate surface area is 126 Å². The molecule has 1 atom stereocenters. The minimum absolute atomic E-state index is 0.140. The van der Waals surface area contributed by atoms with Crippen molar-refractivity contribution in [2.75, 3.05) is 32.8 Å². The molecular formula is C13H24N2O5S. The number of aliphatic hydroxyl groups is 1.